The summed E-state index contributed by atoms with van der Waals surface area (Å²) in [5.74, 6) is -1.20. The highest BCUT2D eigenvalue weighted by Gasteiger charge is 2.40. The third kappa shape index (κ3) is 3.59. The Morgan fingerprint density at radius 2 is 1.61 bits per heavy atom. The normalized spacial score (nSPS) is 13.5. The number of nitrogens with one attached hydrogen (secondary N) is 2. The van der Waals surface area contributed by atoms with Crippen LogP contribution in [0.3, 0.4) is 0 Å². The summed E-state index contributed by atoms with van der Waals surface area (Å²) in [5.41, 5.74) is 5.09. The van der Waals surface area contributed by atoms with E-state index < -0.39 is 17.3 Å². The molecule has 176 valence electrons. The van der Waals surface area contributed by atoms with Crippen molar-refractivity contribution >= 4 is 11.6 Å². The van der Waals surface area contributed by atoms with Gasteiger partial charge in [-0.15, -0.1) is 0 Å². The SMILES string of the molecule is O=C(Nc1ccc2c(c1)Cc1c(-c3ccccc3)n[nH]c1-2)C(O)(c1ccccc1)c1cccc(F)c1. The molecule has 0 fully saturated rings. The number of aliphatic hydroxyl groups is 1. The summed E-state index contributed by atoms with van der Waals surface area (Å²) in [4.78, 5) is 13.6. The molecule has 1 heterocycles. The molecule has 6 rings (SSSR count). The van der Waals surface area contributed by atoms with E-state index in [1.807, 2.05) is 42.5 Å². The molecule has 5 aromatic rings. The standard InChI is InChI=1S/C30H22FN3O2/c31-23-13-7-12-22(18-23)30(36,21-10-5-2-6-11-21)29(35)32-24-14-15-25-20(16-24)17-26-27(33-34-28(25)26)19-8-3-1-4-9-19/h1-16,18,36H,17H2,(H,32,35)(H,33,34). The van der Waals surface area contributed by atoms with Gasteiger partial charge in [0.15, 0.2) is 5.60 Å². The summed E-state index contributed by atoms with van der Waals surface area (Å²) in [6.45, 7) is 0. The van der Waals surface area contributed by atoms with Crippen molar-refractivity contribution in [3.05, 3.63) is 131 Å². The number of halogens is 1. The van der Waals surface area contributed by atoms with Gasteiger partial charge < -0.3 is 10.4 Å². The number of anilines is 1. The second-order valence-corrected chi connectivity index (χ2v) is 8.88. The van der Waals surface area contributed by atoms with Crippen molar-refractivity contribution in [3.63, 3.8) is 0 Å². The van der Waals surface area contributed by atoms with Crippen LogP contribution in [-0.2, 0) is 16.8 Å². The molecule has 1 amide bonds. The highest BCUT2D eigenvalue weighted by Crippen LogP contribution is 2.41. The first-order valence-electron chi connectivity index (χ1n) is 11.7. The highest BCUT2D eigenvalue weighted by molar-refractivity contribution is 6.00. The Hall–Kier alpha value is -4.55. The van der Waals surface area contributed by atoms with E-state index in [1.165, 1.54) is 18.2 Å². The molecule has 0 spiro atoms. The summed E-state index contributed by atoms with van der Waals surface area (Å²) >= 11 is 0. The quantitative estimate of drug-likeness (QED) is 0.301. The zero-order valence-corrected chi connectivity index (χ0v) is 19.2. The molecule has 0 saturated heterocycles. The maximum atomic E-state index is 14.1. The second-order valence-electron chi connectivity index (χ2n) is 8.88. The smallest absolute Gasteiger partial charge is 0.265 e. The number of rotatable bonds is 5. The number of amides is 1. The molecule has 5 nitrogen and oxygen atoms in total. The van der Waals surface area contributed by atoms with E-state index in [0.29, 0.717) is 17.7 Å². The van der Waals surface area contributed by atoms with Gasteiger partial charge in [0.25, 0.3) is 5.91 Å². The van der Waals surface area contributed by atoms with Crippen LogP contribution in [0.1, 0.15) is 22.3 Å². The fourth-order valence-electron chi connectivity index (χ4n) is 4.89. The maximum absolute atomic E-state index is 14.1. The molecule has 0 bridgehead atoms. The Kier molecular flexibility index (Phi) is 5.24. The van der Waals surface area contributed by atoms with Crippen LogP contribution in [0.5, 0.6) is 0 Å². The fourth-order valence-corrected chi connectivity index (χ4v) is 4.89. The molecule has 0 saturated carbocycles. The average molecular weight is 476 g/mol. The summed E-state index contributed by atoms with van der Waals surface area (Å²) in [5, 5.41) is 22.2. The molecule has 4 aromatic carbocycles. The first-order valence-corrected chi connectivity index (χ1v) is 11.7. The van der Waals surface area contributed by atoms with E-state index in [1.54, 1.807) is 42.5 Å². The van der Waals surface area contributed by atoms with Crippen LogP contribution in [-0.4, -0.2) is 21.2 Å². The van der Waals surface area contributed by atoms with Crippen LogP contribution in [0.15, 0.2) is 103 Å². The summed E-state index contributed by atoms with van der Waals surface area (Å²) < 4.78 is 14.1. The number of fused-ring (bicyclic) bond motifs is 3. The Balaban J connectivity index is 1.32. The van der Waals surface area contributed by atoms with Crippen LogP contribution in [0.2, 0.25) is 0 Å². The minimum absolute atomic E-state index is 0.154. The molecule has 36 heavy (non-hydrogen) atoms. The Bertz CT molecular complexity index is 1580. The predicted molar refractivity (Wildman–Crippen MR) is 137 cm³/mol. The Morgan fingerprint density at radius 3 is 2.36 bits per heavy atom. The van der Waals surface area contributed by atoms with Crippen molar-refractivity contribution in [1.82, 2.24) is 10.2 Å². The van der Waals surface area contributed by atoms with Crippen molar-refractivity contribution in [3.8, 4) is 22.5 Å². The fraction of sp³-hybridized carbons (Fsp3) is 0.0667. The van der Waals surface area contributed by atoms with Crippen molar-refractivity contribution in [2.24, 2.45) is 0 Å². The number of aromatic nitrogens is 2. The van der Waals surface area contributed by atoms with E-state index in [0.717, 1.165) is 33.6 Å². The molecular formula is C30H22FN3O2. The minimum Gasteiger partial charge on any atom is -0.372 e. The summed E-state index contributed by atoms with van der Waals surface area (Å²) in [6.07, 6.45) is 0.669. The average Bonchev–Trinajstić information content (AvgIpc) is 3.48. The van der Waals surface area contributed by atoms with Crippen molar-refractivity contribution in [1.29, 1.82) is 0 Å². The first kappa shape index (κ1) is 21.9. The number of nitrogens with zero attached hydrogens (tertiary/aromatic N) is 1. The number of H-pyrrole nitrogens is 1. The van der Waals surface area contributed by atoms with Gasteiger partial charge in [-0.3, -0.25) is 9.89 Å². The van der Waals surface area contributed by atoms with Crippen molar-refractivity contribution in [2.75, 3.05) is 5.32 Å². The largest absolute Gasteiger partial charge is 0.372 e. The van der Waals surface area contributed by atoms with Gasteiger partial charge in [0.2, 0.25) is 0 Å². The van der Waals surface area contributed by atoms with Gasteiger partial charge in [0.1, 0.15) is 5.82 Å². The molecule has 3 N–H and O–H groups in total. The number of carbonyl (C=O) groups excluding carboxylic acids is 1. The number of hydrogen-bond donors (Lipinski definition) is 3. The van der Waals surface area contributed by atoms with E-state index in [4.69, 9.17) is 0 Å². The number of hydrogen-bond acceptors (Lipinski definition) is 3. The van der Waals surface area contributed by atoms with Crippen molar-refractivity contribution in [2.45, 2.75) is 12.0 Å². The lowest BCUT2D eigenvalue weighted by molar-refractivity contribution is -0.131. The van der Waals surface area contributed by atoms with Crippen LogP contribution < -0.4 is 5.32 Å². The van der Waals surface area contributed by atoms with Gasteiger partial charge in [0.05, 0.1) is 11.4 Å². The molecule has 1 atom stereocenters. The zero-order valence-electron chi connectivity index (χ0n) is 19.2. The molecule has 6 heteroatoms. The number of aromatic amines is 1. The zero-order chi connectivity index (χ0) is 24.7. The molecule has 1 aliphatic carbocycles. The molecule has 1 unspecified atom stereocenters. The Labute approximate surface area is 207 Å². The predicted octanol–water partition coefficient (Wildman–Crippen LogP) is 5.66. The minimum atomic E-state index is -2.07. The molecule has 0 aliphatic heterocycles. The molecular weight excluding hydrogens is 453 g/mol. The summed E-state index contributed by atoms with van der Waals surface area (Å²) in [7, 11) is 0. The summed E-state index contributed by atoms with van der Waals surface area (Å²) in [6, 6.07) is 29.7. The number of benzene rings is 4. The monoisotopic (exact) mass is 475 g/mol. The van der Waals surface area contributed by atoms with Crippen molar-refractivity contribution < 1.29 is 14.3 Å². The number of carbonyl (C=O) groups is 1. The Morgan fingerprint density at radius 1 is 0.889 bits per heavy atom. The second kappa shape index (κ2) is 8.59. The highest BCUT2D eigenvalue weighted by atomic mass is 19.1. The lowest BCUT2D eigenvalue weighted by Crippen LogP contribution is -2.41. The van der Waals surface area contributed by atoms with Gasteiger partial charge in [-0.1, -0.05) is 78.9 Å². The molecule has 1 aromatic heterocycles. The van der Waals surface area contributed by atoms with Gasteiger partial charge in [-0.25, -0.2) is 4.39 Å². The van der Waals surface area contributed by atoms with E-state index in [-0.39, 0.29) is 5.56 Å². The van der Waals surface area contributed by atoms with E-state index in [9.17, 15) is 14.3 Å². The third-order valence-corrected chi connectivity index (χ3v) is 6.68. The molecule has 1 aliphatic rings. The van der Waals surface area contributed by atoms with Gasteiger partial charge >= 0.3 is 0 Å². The lowest BCUT2D eigenvalue weighted by atomic mass is 9.85. The topological polar surface area (TPSA) is 78.0 Å². The van der Waals surface area contributed by atoms with E-state index in [2.05, 4.69) is 15.5 Å². The van der Waals surface area contributed by atoms with E-state index >= 15 is 0 Å². The van der Waals surface area contributed by atoms with Crippen LogP contribution in [0, 0.1) is 5.82 Å². The molecule has 0 radical (unpaired) electrons. The third-order valence-electron chi connectivity index (χ3n) is 6.68. The van der Waals surface area contributed by atoms with Crippen LogP contribution >= 0.6 is 0 Å². The first-order chi connectivity index (χ1) is 17.5. The maximum Gasteiger partial charge on any atom is 0.265 e. The van der Waals surface area contributed by atoms with Gasteiger partial charge in [-0.05, 0) is 35.4 Å². The van der Waals surface area contributed by atoms with Crippen LogP contribution in [0.4, 0.5) is 10.1 Å². The van der Waals surface area contributed by atoms with Gasteiger partial charge in [-0.2, -0.15) is 5.10 Å². The van der Waals surface area contributed by atoms with Gasteiger partial charge in [0, 0.05) is 34.4 Å². The lowest BCUT2D eigenvalue weighted by Gasteiger charge is -2.28. The van der Waals surface area contributed by atoms with Crippen LogP contribution in [0.25, 0.3) is 22.5 Å².